The standard InChI is InChI=1S/C9H7BrClN/c1-2-5-12-9-4-3-7(11)6-8(9)10/h1,3-4,6,12H,5H2. The third kappa shape index (κ3) is 2.44. The molecule has 0 spiro atoms. The molecule has 0 aliphatic rings. The molecule has 62 valence electrons. The molecule has 0 aromatic heterocycles. The fourth-order valence-electron chi connectivity index (χ4n) is 0.779. The Balaban J connectivity index is 2.81. The van der Waals surface area contributed by atoms with E-state index in [1.54, 1.807) is 0 Å². The fraction of sp³-hybridized carbons (Fsp3) is 0.111. The van der Waals surface area contributed by atoms with Gasteiger partial charge in [0.05, 0.1) is 6.54 Å². The molecule has 0 amide bonds. The van der Waals surface area contributed by atoms with Crippen LogP contribution in [0.15, 0.2) is 22.7 Å². The predicted octanol–water partition coefficient (Wildman–Crippen LogP) is 3.15. The zero-order valence-electron chi connectivity index (χ0n) is 6.27. The highest BCUT2D eigenvalue weighted by molar-refractivity contribution is 9.10. The number of terminal acetylenes is 1. The summed E-state index contributed by atoms with van der Waals surface area (Å²) in [4.78, 5) is 0. The molecule has 12 heavy (non-hydrogen) atoms. The Labute approximate surface area is 85.2 Å². The predicted molar refractivity (Wildman–Crippen MR) is 56.5 cm³/mol. The Morgan fingerprint density at radius 2 is 2.33 bits per heavy atom. The minimum absolute atomic E-state index is 0.514. The zero-order valence-corrected chi connectivity index (χ0v) is 8.61. The maximum absolute atomic E-state index is 5.75. The molecule has 1 rings (SSSR count). The number of halogens is 2. The van der Waals surface area contributed by atoms with Crippen molar-refractivity contribution in [2.45, 2.75) is 0 Å². The molecule has 0 aliphatic heterocycles. The molecule has 0 bridgehead atoms. The van der Waals surface area contributed by atoms with Gasteiger partial charge in [-0.2, -0.15) is 0 Å². The molecule has 1 aromatic carbocycles. The molecule has 0 saturated heterocycles. The van der Waals surface area contributed by atoms with Gasteiger partial charge < -0.3 is 5.32 Å². The van der Waals surface area contributed by atoms with Gasteiger partial charge in [0.15, 0.2) is 0 Å². The van der Waals surface area contributed by atoms with E-state index in [4.69, 9.17) is 18.0 Å². The van der Waals surface area contributed by atoms with Crippen LogP contribution in [-0.4, -0.2) is 6.54 Å². The van der Waals surface area contributed by atoms with E-state index in [0.717, 1.165) is 10.2 Å². The van der Waals surface area contributed by atoms with E-state index in [2.05, 4.69) is 27.2 Å². The van der Waals surface area contributed by atoms with Crippen LogP contribution >= 0.6 is 27.5 Å². The van der Waals surface area contributed by atoms with Crippen LogP contribution in [0.25, 0.3) is 0 Å². The lowest BCUT2D eigenvalue weighted by atomic mass is 10.3. The molecule has 0 unspecified atom stereocenters. The van der Waals surface area contributed by atoms with Crippen LogP contribution in [0, 0.1) is 12.3 Å². The van der Waals surface area contributed by atoms with Crippen LogP contribution in [0.2, 0.25) is 5.02 Å². The van der Waals surface area contributed by atoms with Gasteiger partial charge in [-0.1, -0.05) is 17.5 Å². The van der Waals surface area contributed by atoms with E-state index >= 15 is 0 Å². The second kappa shape index (κ2) is 4.39. The van der Waals surface area contributed by atoms with E-state index in [1.165, 1.54) is 0 Å². The Kier molecular flexibility index (Phi) is 3.46. The van der Waals surface area contributed by atoms with Gasteiger partial charge in [0.1, 0.15) is 0 Å². The molecule has 1 aromatic rings. The number of nitrogens with one attached hydrogen (secondary N) is 1. The van der Waals surface area contributed by atoms with Crippen molar-refractivity contribution in [3.05, 3.63) is 27.7 Å². The van der Waals surface area contributed by atoms with Crippen molar-refractivity contribution in [3.8, 4) is 12.3 Å². The first-order valence-corrected chi connectivity index (χ1v) is 4.53. The Morgan fingerprint density at radius 3 is 2.92 bits per heavy atom. The number of benzene rings is 1. The molecular formula is C9H7BrClN. The number of anilines is 1. The summed E-state index contributed by atoms with van der Waals surface area (Å²) in [5.74, 6) is 2.49. The molecule has 1 nitrogen and oxygen atoms in total. The maximum atomic E-state index is 5.75. The first-order valence-electron chi connectivity index (χ1n) is 3.36. The largest absolute Gasteiger partial charge is 0.373 e. The summed E-state index contributed by atoms with van der Waals surface area (Å²) < 4.78 is 0.922. The van der Waals surface area contributed by atoms with Gasteiger partial charge in [-0.25, -0.2) is 0 Å². The number of hydrogen-bond acceptors (Lipinski definition) is 1. The van der Waals surface area contributed by atoms with Crippen molar-refractivity contribution in [2.75, 3.05) is 11.9 Å². The van der Waals surface area contributed by atoms with Crippen molar-refractivity contribution in [2.24, 2.45) is 0 Å². The molecule has 1 N–H and O–H groups in total. The highest BCUT2D eigenvalue weighted by atomic mass is 79.9. The average molecular weight is 245 g/mol. The van der Waals surface area contributed by atoms with Crippen LogP contribution < -0.4 is 5.32 Å². The molecule has 0 radical (unpaired) electrons. The number of hydrogen-bond donors (Lipinski definition) is 1. The molecule has 0 aliphatic carbocycles. The van der Waals surface area contributed by atoms with Gasteiger partial charge in [-0.15, -0.1) is 6.42 Å². The quantitative estimate of drug-likeness (QED) is 0.788. The van der Waals surface area contributed by atoms with Crippen LogP contribution in [0.3, 0.4) is 0 Å². The molecule has 3 heteroatoms. The van der Waals surface area contributed by atoms with Gasteiger partial charge in [0.2, 0.25) is 0 Å². The van der Waals surface area contributed by atoms with Gasteiger partial charge in [-0.3, -0.25) is 0 Å². The minimum Gasteiger partial charge on any atom is -0.373 e. The van der Waals surface area contributed by atoms with Gasteiger partial charge >= 0.3 is 0 Å². The second-order valence-electron chi connectivity index (χ2n) is 2.18. The van der Waals surface area contributed by atoms with Crippen molar-refractivity contribution in [3.63, 3.8) is 0 Å². The molecule has 0 fully saturated rings. The van der Waals surface area contributed by atoms with Gasteiger partial charge in [-0.05, 0) is 34.1 Å². The average Bonchev–Trinajstić information content (AvgIpc) is 2.03. The Hall–Kier alpha value is -0.650. The van der Waals surface area contributed by atoms with E-state index in [0.29, 0.717) is 11.6 Å². The summed E-state index contributed by atoms with van der Waals surface area (Å²) in [5.41, 5.74) is 0.956. The highest BCUT2D eigenvalue weighted by Gasteiger charge is 1.97. The molecular weight excluding hydrogens is 237 g/mol. The van der Waals surface area contributed by atoms with Gasteiger partial charge in [0.25, 0.3) is 0 Å². The molecule has 0 saturated carbocycles. The first-order chi connectivity index (χ1) is 5.74. The summed E-state index contributed by atoms with van der Waals surface area (Å²) in [7, 11) is 0. The van der Waals surface area contributed by atoms with Crippen molar-refractivity contribution < 1.29 is 0 Å². The smallest absolute Gasteiger partial charge is 0.0763 e. The molecule has 0 heterocycles. The van der Waals surface area contributed by atoms with E-state index in [9.17, 15) is 0 Å². The Bertz CT molecular complexity index is 317. The summed E-state index contributed by atoms with van der Waals surface area (Å²) in [6.07, 6.45) is 5.10. The molecule has 0 atom stereocenters. The first kappa shape index (κ1) is 9.44. The zero-order chi connectivity index (χ0) is 8.97. The lowest BCUT2D eigenvalue weighted by Gasteiger charge is -2.04. The highest BCUT2D eigenvalue weighted by Crippen LogP contribution is 2.25. The summed E-state index contributed by atoms with van der Waals surface area (Å²) >= 11 is 9.11. The van der Waals surface area contributed by atoms with Crippen molar-refractivity contribution in [1.29, 1.82) is 0 Å². The van der Waals surface area contributed by atoms with Crippen molar-refractivity contribution >= 4 is 33.2 Å². The van der Waals surface area contributed by atoms with E-state index in [1.807, 2.05) is 18.2 Å². The third-order valence-electron chi connectivity index (χ3n) is 1.31. The minimum atomic E-state index is 0.514. The monoisotopic (exact) mass is 243 g/mol. The van der Waals surface area contributed by atoms with E-state index < -0.39 is 0 Å². The van der Waals surface area contributed by atoms with E-state index in [-0.39, 0.29) is 0 Å². The topological polar surface area (TPSA) is 12.0 Å². The SMILES string of the molecule is C#CCNc1ccc(Cl)cc1Br. The van der Waals surface area contributed by atoms with Crippen LogP contribution in [-0.2, 0) is 0 Å². The summed E-state index contributed by atoms with van der Waals surface area (Å²) in [6.45, 7) is 0.514. The lowest BCUT2D eigenvalue weighted by molar-refractivity contribution is 1.37. The summed E-state index contributed by atoms with van der Waals surface area (Å²) in [6, 6.07) is 5.51. The van der Waals surface area contributed by atoms with Crippen LogP contribution in [0.5, 0.6) is 0 Å². The Morgan fingerprint density at radius 1 is 1.58 bits per heavy atom. The summed E-state index contributed by atoms with van der Waals surface area (Å²) in [5, 5.41) is 3.75. The van der Waals surface area contributed by atoms with Crippen LogP contribution in [0.1, 0.15) is 0 Å². The maximum Gasteiger partial charge on any atom is 0.0763 e. The second-order valence-corrected chi connectivity index (χ2v) is 3.47. The third-order valence-corrected chi connectivity index (χ3v) is 2.20. The normalized spacial score (nSPS) is 9.08. The number of rotatable bonds is 2. The lowest BCUT2D eigenvalue weighted by Crippen LogP contribution is -1.98. The van der Waals surface area contributed by atoms with Gasteiger partial charge in [0, 0.05) is 15.2 Å². The van der Waals surface area contributed by atoms with Crippen molar-refractivity contribution in [1.82, 2.24) is 0 Å². The van der Waals surface area contributed by atoms with Crippen LogP contribution in [0.4, 0.5) is 5.69 Å². The fourth-order valence-corrected chi connectivity index (χ4v) is 1.60.